The van der Waals surface area contributed by atoms with Crippen LogP contribution in [0.3, 0.4) is 0 Å². The summed E-state index contributed by atoms with van der Waals surface area (Å²) in [6, 6.07) is 1.56. The Morgan fingerprint density at radius 1 is 1.27 bits per heavy atom. The van der Waals surface area contributed by atoms with Gasteiger partial charge in [-0.05, 0) is 31.4 Å². The molecule has 0 spiro atoms. The molecule has 10 heteroatoms. The molecule has 1 aliphatic carbocycles. The number of pyridine rings is 1. The summed E-state index contributed by atoms with van der Waals surface area (Å²) in [6.45, 7) is 0.497. The standard InChI is InChI=1S/C16H21N5O3.2ClH/c1-20-13-12(15(23)21(2)16(20)24)6-10(8-18-13)19-14(22)11-5-3-4-9(11)7-17;;/h6,8-9,11H,3-5,7,17H2,1-2H3,(H,19,22);2*1H/t9-,11-;;/m1../s1. The molecule has 2 aromatic rings. The van der Waals surface area contributed by atoms with Gasteiger partial charge in [-0.25, -0.2) is 9.78 Å². The van der Waals surface area contributed by atoms with Gasteiger partial charge in [-0.1, -0.05) is 6.42 Å². The van der Waals surface area contributed by atoms with Gasteiger partial charge in [-0.3, -0.25) is 18.7 Å². The molecule has 1 saturated carbocycles. The number of hydrogen-bond donors (Lipinski definition) is 2. The number of halogens is 2. The minimum atomic E-state index is -0.437. The Bertz CT molecular complexity index is 924. The first-order chi connectivity index (χ1) is 11.4. The van der Waals surface area contributed by atoms with Crippen molar-refractivity contribution in [3.8, 4) is 0 Å². The van der Waals surface area contributed by atoms with E-state index >= 15 is 0 Å². The van der Waals surface area contributed by atoms with Crippen molar-refractivity contribution in [2.45, 2.75) is 19.3 Å². The molecule has 1 fully saturated rings. The van der Waals surface area contributed by atoms with E-state index < -0.39 is 11.2 Å². The molecule has 0 bridgehead atoms. The van der Waals surface area contributed by atoms with E-state index in [9.17, 15) is 14.4 Å². The number of aromatic nitrogens is 3. The maximum Gasteiger partial charge on any atom is 0.332 e. The molecule has 144 valence electrons. The summed E-state index contributed by atoms with van der Waals surface area (Å²) in [7, 11) is 2.97. The summed E-state index contributed by atoms with van der Waals surface area (Å²) < 4.78 is 2.33. The van der Waals surface area contributed by atoms with Gasteiger partial charge in [0.2, 0.25) is 5.91 Å². The van der Waals surface area contributed by atoms with Crippen LogP contribution in [-0.2, 0) is 18.9 Å². The van der Waals surface area contributed by atoms with Gasteiger partial charge in [0.05, 0.1) is 17.3 Å². The average Bonchev–Trinajstić information content (AvgIpc) is 3.07. The number of nitrogens with zero attached hydrogens (tertiary/aromatic N) is 3. The Hall–Kier alpha value is -1.90. The van der Waals surface area contributed by atoms with Gasteiger partial charge in [0.25, 0.3) is 5.56 Å². The van der Waals surface area contributed by atoms with Crippen LogP contribution in [0.25, 0.3) is 11.0 Å². The number of rotatable bonds is 3. The van der Waals surface area contributed by atoms with E-state index in [0.29, 0.717) is 23.3 Å². The number of aryl methyl sites for hydroxylation is 1. The Kier molecular flexibility index (Phi) is 7.37. The van der Waals surface area contributed by atoms with Crippen LogP contribution in [-0.4, -0.2) is 26.6 Å². The zero-order chi connectivity index (χ0) is 17.4. The highest BCUT2D eigenvalue weighted by Crippen LogP contribution is 2.31. The molecule has 0 unspecified atom stereocenters. The zero-order valence-electron chi connectivity index (χ0n) is 14.6. The van der Waals surface area contributed by atoms with Gasteiger partial charge in [-0.2, -0.15) is 0 Å². The molecule has 3 N–H and O–H groups in total. The van der Waals surface area contributed by atoms with Crippen LogP contribution >= 0.6 is 24.8 Å². The molecule has 0 radical (unpaired) electrons. The second-order valence-corrected chi connectivity index (χ2v) is 6.32. The first kappa shape index (κ1) is 22.1. The minimum absolute atomic E-state index is 0. The van der Waals surface area contributed by atoms with Crippen LogP contribution in [0.4, 0.5) is 5.69 Å². The summed E-state index contributed by atoms with van der Waals surface area (Å²) in [6.07, 6.45) is 4.25. The third kappa shape index (κ3) is 3.77. The Labute approximate surface area is 162 Å². The number of nitrogens with one attached hydrogen (secondary N) is 1. The SMILES string of the molecule is Cl.Cl.Cn1c(=O)c2cc(NC(=O)[C@@H]3CCC[C@@H]3CN)cnc2n(C)c1=O. The third-order valence-electron chi connectivity index (χ3n) is 4.86. The first-order valence-electron chi connectivity index (χ1n) is 8.00. The second-order valence-electron chi connectivity index (χ2n) is 6.32. The lowest BCUT2D eigenvalue weighted by Crippen LogP contribution is -2.37. The normalized spacial score (nSPS) is 18.9. The van der Waals surface area contributed by atoms with Crippen molar-refractivity contribution < 1.29 is 4.79 Å². The van der Waals surface area contributed by atoms with Gasteiger partial charge in [0, 0.05) is 20.0 Å². The van der Waals surface area contributed by atoms with Gasteiger partial charge < -0.3 is 11.1 Å². The van der Waals surface area contributed by atoms with E-state index in [-0.39, 0.29) is 42.6 Å². The number of hydrogen-bond acceptors (Lipinski definition) is 5. The summed E-state index contributed by atoms with van der Waals surface area (Å²) >= 11 is 0. The molecule has 3 rings (SSSR count). The number of carbonyl (C=O) groups is 1. The van der Waals surface area contributed by atoms with Crippen molar-refractivity contribution in [2.75, 3.05) is 11.9 Å². The van der Waals surface area contributed by atoms with Crippen LogP contribution in [0.5, 0.6) is 0 Å². The van der Waals surface area contributed by atoms with Crippen molar-refractivity contribution >= 4 is 47.4 Å². The number of amides is 1. The lowest BCUT2D eigenvalue weighted by atomic mass is 9.95. The highest BCUT2D eigenvalue weighted by Gasteiger charge is 2.32. The monoisotopic (exact) mass is 403 g/mol. The lowest BCUT2D eigenvalue weighted by molar-refractivity contribution is -0.120. The van der Waals surface area contributed by atoms with Crippen LogP contribution < -0.4 is 22.3 Å². The van der Waals surface area contributed by atoms with Gasteiger partial charge in [0.15, 0.2) is 0 Å². The number of nitrogens with two attached hydrogens (primary N) is 1. The fourth-order valence-electron chi connectivity index (χ4n) is 3.43. The van der Waals surface area contributed by atoms with Crippen molar-refractivity contribution in [2.24, 2.45) is 31.7 Å². The van der Waals surface area contributed by atoms with E-state index in [1.54, 1.807) is 13.1 Å². The number of carbonyl (C=O) groups excluding carboxylic acids is 1. The van der Waals surface area contributed by atoms with Gasteiger partial charge in [0.1, 0.15) is 5.65 Å². The van der Waals surface area contributed by atoms with Crippen LogP contribution in [0.1, 0.15) is 19.3 Å². The van der Waals surface area contributed by atoms with Crippen molar-refractivity contribution in [1.82, 2.24) is 14.1 Å². The summed E-state index contributed by atoms with van der Waals surface area (Å²) in [5.74, 6) is 0.00603. The maximum atomic E-state index is 12.5. The molecule has 0 aromatic carbocycles. The van der Waals surface area contributed by atoms with E-state index in [1.807, 2.05) is 0 Å². The third-order valence-corrected chi connectivity index (χ3v) is 4.86. The van der Waals surface area contributed by atoms with E-state index in [0.717, 1.165) is 23.8 Å². The molecule has 2 aromatic heterocycles. The maximum absolute atomic E-state index is 12.5. The molecule has 2 atom stereocenters. The van der Waals surface area contributed by atoms with Crippen LogP contribution in [0.15, 0.2) is 21.9 Å². The quantitative estimate of drug-likeness (QED) is 0.786. The van der Waals surface area contributed by atoms with Crippen molar-refractivity contribution in [3.05, 3.63) is 33.1 Å². The highest BCUT2D eigenvalue weighted by atomic mass is 35.5. The minimum Gasteiger partial charge on any atom is -0.330 e. The van der Waals surface area contributed by atoms with Gasteiger partial charge >= 0.3 is 5.69 Å². The van der Waals surface area contributed by atoms with E-state index in [2.05, 4.69) is 10.3 Å². The topological polar surface area (TPSA) is 112 Å². The van der Waals surface area contributed by atoms with Crippen LogP contribution in [0, 0.1) is 11.8 Å². The molecule has 0 saturated heterocycles. The first-order valence-corrected chi connectivity index (χ1v) is 8.00. The fraction of sp³-hybridized carbons (Fsp3) is 0.500. The summed E-state index contributed by atoms with van der Waals surface area (Å²) in [5, 5.41) is 3.12. The van der Waals surface area contributed by atoms with Crippen molar-refractivity contribution in [1.29, 1.82) is 0 Å². The lowest BCUT2D eigenvalue weighted by Gasteiger charge is -2.17. The smallest absolute Gasteiger partial charge is 0.330 e. The zero-order valence-corrected chi connectivity index (χ0v) is 16.2. The van der Waals surface area contributed by atoms with E-state index in [4.69, 9.17) is 5.73 Å². The highest BCUT2D eigenvalue weighted by molar-refractivity contribution is 5.94. The molecule has 0 aliphatic heterocycles. The molecular formula is C16H23Cl2N5O3. The average molecular weight is 404 g/mol. The van der Waals surface area contributed by atoms with Crippen LogP contribution in [0.2, 0.25) is 0 Å². The molecule has 8 nitrogen and oxygen atoms in total. The molecule has 1 amide bonds. The number of anilines is 1. The molecular weight excluding hydrogens is 381 g/mol. The number of fused-ring (bicyclic) bond motifs is 1. The van der Waals surface area contributed by atoms with Gasteiger partial charge in [-0.15, -0.1) is 24.8 Å². The largest absolute Gasteiger partial charge is 0.332 e. The Morgan fingerprint density at radius 2 is 1.96 bits per heavy atom. The Morgan fingerprint density at radius 3 is 2.62 bits per heavy atom. The second kappa shape index (κ2) is 8.66. The van der Waals surface area contributed by atoms with E-state index in [1.165, 1.54) is 17.8 Å². The summed E-state index contributed by atoms with van der Waals surface area (Å²) in [5.41, 5.74) is 5.60. The molecule has 2 heterocycles. The summed E-state index contributed by atoms with van der Waals surface area (Å²) in [4.78, 5) is 40.8. The van der Waals surface area contributed by atoms with Crippen molar-refractivity contribution in [3.63, 3.8) is 0 Å². The predicted molar refractivity (Wildman–Crippen MR) is 105 cm³/mol. The molecule has 26 heavy (non-hydrogen) atoms. The molecule has 1 aliphatic rings. The Balaban J connectivity index is 0.00000169. The fourth-order valence-corrected chi connectivity index (χ4v) is 3.43. The predicted octanol–water partition coefficient (Wildman–Crippen LogP) is 0.789.